The minimum absolute atomic E-state index is 0.0875. The van der Waals surface area contributed by atoms with Crippen LogP contribution in [0, 0.1) is 10.1 Å². The highest BCUT2D eigenvalue weighted by Gasteiger charge is 2.25. The predicted octanol–water partition coefficient (Wildman–Crippen LogP) is 3.70. The standard InChI is InChI=1S/C24H25N5O4/c1-33-22-10-3-2-9-21(22)26-23-20(8-5-11-25-23)24(30)28-14-12-27(13-15-28)17-18-6-4-7-19(16-18)29(31)32/h2-11,16H,12-15,17H2,1H3,(H,25,26). The number of methoxy groups -OCH3 is 1. The molecule has 9 nitrogen and oxygen atoms in total. The van der Waals surface area contributed by atoms with Crippen molar-refractivity contribution in [2.75, 3.05) is 38.6 Å². The Morgan fingerprint density at radius 3 is 2.64 bits per heavy atom. The smallest absolute Gasteiger partial charge is 0.269 e. The van der Waals surface area contributed by atoms with Crippen molar-refractivity contribution in [2.45, 2.75) is 6.54 Å². The summed E-state index contributed by atoms with van der Waals surface area (Å²) in [5.74, 6) is 1.05. The Balaban J connectivity index is 1.41. The maximum absolute atomic E-state index is 13.3. The molecule has 0 atom stereocenters. The molecule has 0 spiro atoms. The number of pyridine rings is 1. The summed E-state index contributed by atoms with van der Waals surface area (Å²) in [7, 11) is 1.60. The number of ether oxygens (including phenoxy) is 1. The van der Waals surface area contributed by atoms with Gasteiger partial charge in [0.2, 0.25) is 0 Å². The first-order valence-corrected chi connectivity index (χ1v) is 10.6. The second kappa shape index (κ2) is 10.1. The fraction of sp³-hybridized carbons (Fsp3) is 0.250. The first-order valence-electron chi connectivity index (χ1n) is 10.6. The van der Waals surface area contributed by atoms with Crippen LogP contribution in [0.4, 0.5) is 17.2 Å². The number of carbonyl (C=O) groups is 1. The second-order valence-electron chi connectivity index (χ2n) is 7.72. The van der Waals surface area contributed by atoms with E-state index >= 15 is 0 Å². The highest BCUT2D eigenvalue weighted by Crippen LogP contribution is 2.28. The molecule has 2 heterocycles. The van der Waals surface area contributed by atoms with E-state index in [1.807, 2.05) is 35.2 Å². The number of hydrogen-bond donors (Lipinski definition) is 1. The van der Waals surface area contributed by atoms with Crippen molar-refractivity contribution >= 4 is 23.1 Å². The number of rotatable bonds is 7. The van der Waals surface area contributed by atoms with Crippen molar-refractivity contribution in [1.82, 2.24) is 14.8 Å². The summed E-state index contributed by atoms with van der Waals surface area (Å²) < 4.78 is 5.39. The molecule has 1 N–H and O–H groups in total. The minimum atomic E-state index is -0.384. The van der Waals surface area contributed by atoms with Gasteiger partial charge in [-0.25, -0.2) is 4.98 Å². The van der Waals surface area contributed by atoms with Crippen molar-refractivity contribution in [3.63, 3.8) is 0 Å². The van der Waals surface area contributed by atoms with E-state index in [1.54, 1.807) is 37.6 Å². The normalized spacial score (nSPS) is 14.0. The number of anilines is 2. The maximum atomic E-state index is 13.3. The van der Waals surface area contributed by atoms with E-state index in [4.69, 9.17) is 4.74 Å². The van der Waals surface area contributed by atoms with E-state index in [1.165, 1.54) is 6.07 Å². The zero-order valence-corrected chi connectivity index (χ0v) is 18.3. The van der Waals surface area contributed by atoms with Gasteiger partial charge in [0.1, 0.15) is 11.6 Å². The largest absolute Gasteiger partial charge is 0.495 e. The number of aromatic nitrogens is 1. The molecule has 3 aromatic rings. The molecule has 4 rings (SSSR count). The van der Waals surface area contributed by atoms with Gasteiger partial charge in [0, 0.05) is 51.1 Å². The first-order chi connectivity index (χ1) is 16.0. The van der Waals surface area contributed by atoms with Gasteiger partial charge in [-0.15, -0.1) is 0 Å². The van der Waals surface area contributed by atoms with Crippen LogP contribution < -0.4 is 10.1 Å². The van der Waals surface area contributed by atoms with E-state index in [9.17, 15) is 14.9 Å². The maximum Gasteiger partial charge on any atom is 0.269 e. The number of hydrogen-bond acceptors (Lipinski definition) is 7. The average Bonchev–Trinajstić information content (AvgIpc) is 2.85. The lowest BCUT2D eigenvalue weighted by Crippen LogP contribution is -2.48. The molecule has 9 heteroatoms. The molecular weight excluding hydrogens is 422 g/mol. The quantitative estimate of drug-likeness (QED) is 0.435. The third-order valence-electron chi connectivity index (χ3n) is 5.59. The molecule has 1 aliphatic heterocycles. The fourth-order valence-electron chi connectivity index (χ4n) is 3.86. The van der Waals surface area contributed by atoms with Crippen LogP contribution in [-0.4, -0.2) is 58.9 Å². The molecule has 1 aromatic heterocycles. The highest BCUT2D eigenvalue weighted by atomic mass is 16.6. The monoisotopic (exact) mass is 447 g/mol. The minimum Gasteiger partial charge on any atom is -0.495 e. The average molecular weight is 447 g/mol. The van der Waals surface area contributed by atoms with Crippen LogP contribution in [0.1, 0.15) is 15.9 Å². The Kier molecular flexibility index (Phi) is 6.80. The lowest BCUT2D eigenvalue weighted by Gasteiger charge is -2.35. The topological polar surface area (TPSA) is 101 Å². The Bertz CT molecular complexity index is 1140. The number of nitro benzene ring substituents is 1. The molecule has 1 aliphatic rings. The van der Waals surface area contributed by atoms with Crippen LogP contribution in [0.2, 0.25) is 0 Å². The molecule has 1 fully saturated rings. The number of nitrogens with zero attached hydrogens (tertiary/aromatic N) is 4. The molecule has 33 heavy (non-hydrogen) atoms. The summed E-state index contributed by atoms with van der Waals surface area (Å²) >= 11 is 0. The molecule has 0 bridgehead atoms. The van der Waals surface area contributed by atoms with Crippen LogP contribution in [0.5, 0.6) is 5.75 Å². The van der Waals surface area contributed by atoms with Gasteiger partial charge in [-0.2, -0.15) is 0 Å². The molecule has 1 amide bonds. The van der Waals surface area contributed by atoms with Gasteiger partial charge < -0.3 is 15.0 Å². The second-order valence-corrected chi connectivity index (χ2v) is 7.72. The van der Waals surface area contributed by atoms with Crippen LogP contribution in [0.15, 0.2) is 66.9 Å². The van der Waals surface area contributed by atoms with Gasteiger partial charge in [-0.1, -0.05) is 24.3 Å². The van der Waals surface area contributed by atoms with Crippen molar-refractivity contribution in [1.29, 1.82) is 0 Å². The van der Waals surface area contributed by atoms with Crippen molar-refractivity contribution < 1.29 is 14.5 Å². The summed E-state index contributed by atoms with van der Waals surface area (Å²) in [6.07, 6.45) is 1.64. The summed E-state index contributed by atoms with van der Waals surface area (Å²) in [6, 6.07) is 17.7. The van der Waals surface area contributed by atoms with E-state index in [0.717, 1.165) is 11.3 Å². The third-order valence-corrected chi connectivity index (χ3v) is 5.59. The summed E-state index contributed by atoms with van der Waals surface area (Å²) in [5, 5.41) is 14.2. The molecular formula is C24H25N5O4. The number of nitrogens with one attached hydrogen (secondary N) is 1. The van der Waals surface area contributed by atoms with Gasteiger partial charge >= 0.3 is 0 Å². The molecule has 0 radical (unpaired) electrons. The molecule has 2 aromatic carbocycles. The summed E-state index contributed by atoms with van der Waals surface area (Å²) in [6.45, 7) is 3.11. The van der Waals surface area contributed by atoms with Gasteiger partial charge in [0.15, 0.2) is 0 Å². The Morgan fingerprint density at radius 2 is 1.88 bits per heavy atom. The van der Waals surface area contributed by atoms with Gasteiger partial charge in [0.25, 0.3) is 11.6 Å². The number of carbonyl (C=O) groups excluding carboxylic acids is 1. The lowest BCUT2D eigenvalue weighted by molar-refractivity contribution is -0.384. The number of para-hydroxylation sites is 2. The van der Waals surface area contributed by atoms with Crippen molar-refractivity contribution in [2.24, 2.45) is 0 Å². The zero-order chi connectivity index (χ0) is 23.2. The Labute approximate surface area is 191 Å². The number of nitro groups is 1. The van der Waals surface area contributed by atoms with Crippen LogP contribution >= 0.6 is 0 Å². The highest BCUT2D eigenvalue weighted by molar-refractivity contribution is 5.99. The van der Waals surface area contributed by atoms with Gasteiger partial charge in [-0.3, -0.25) is 19.8 Å². The fourth-order valence-corrected chi connectivity index (χ4v) is 3.86. The zero-order valence-electron chi connectivity index (χ0n) is 18.3. The first kappa shape index (κ1) is 22.2. The Morgan fingerprint density at radius 1 is 1.09 bits per heavy atom. The summed E-state index contributed by atoms with van der Waals surface area (Å²) in [5.41, 5.74) is 2.21. The van der Waals surface area contributed by atoms with Gasteiger partial charge in [0.05, 0.1) is 23.3 Å². The molecule has 0 aliphatic carbocycles. The molecule has 0 saturated carbocycles. The number of non-ortho nitro benzene ring substituents is 1. The van der Waals surface area contributed by atoms with Crippen molar-refractivity contribution in [3.05, 3.63) is 88.1 Å². The van der Waals surface area contributed by atoms with Crippen molar-refractivity contribution in [3.8, 4) is 5.75 Å². The van der Waals surface area contributed by atoms with E-state index < -0.39 is 0 Å². The van der Waals surface area contributed by atoms with E-state index in [2.05, 4.69) is 15.2 Å². The Hall–Kier alpha value is -3.98. The van der Waals surface area contributed by atoms with Crippen LogP contribution in [-0.2, 0) is 6.54 Å². The van der Waals surface area contributed by atoms with Crippen LogP contribution in [0.3, 0.4) is 0 Å². The number of amides is 1. The lowest BCUT2D eigenvalue weighted by atomic mass is 10.1. The molecule has 170 valence electrons. The van der Waals surface area contributed by atoms with E-state index in [-0.39, 0.29) is 16.5 Å². The summed E-state index contributed by atoms with van der Waals surface area (Å²) in [4.78, 5) is 32.3. The SMILES string of the molecule is COc1ccccc1Nc1ncccc1C(=O)N1CCN(Cc2cccc([N+](=O)[O-])c2)CC1. The van der Waals surface area contributed by atoms with Gasteiger partial charge in [-0.05, 0) is 29.8 Å². The van der Waals surface area contributed by atoms with E-state index in [0.29, 0.717) is 49.9 Å². The molecule has 0 unspecified atom stereocenters. The third kappa shape index (κ3) is 5.27. The predicted molar refractivity (Wildman–Crippen MR) is 125 cm³/mol. The molecule has 1 saturated heterocycles. The van der Waals surface area contributed by atoms with Crippen LogP contribution in [0.25, 0.3) is 0 Å². The number of benzene rings is 2. The number of piperazine rings is 1.